The summed E-state index contributed by atoms with van der Waals surface area (Å²) in [4.78, 5) is 16.0. The second kappa shape index (κ2) is 17.2. The standard InChI is InChI=1S/C35H46ClN3O9S2/c1-24-21-39(25(2)23-40)35(41)32-20-28(37-49(42,43)30-16-12-29(46-5)13-17-30)11-18-33(32)48-26(3)8-6-7-19-47-34(24)22-38(4)50(44,45)31-14-9-27(36)10-15-31/h9-18,20,24-26,34,37,40H,6-8,19,21-23H2,1-5H3/t24-,25-,26+,34+/m0/s1. The quantitative estimate of drug-likeness (QED) is 0.283. The van der Waals surface area contributed by atoms with Crippen LogP contribution in [0.5, 0.6) is 11.5 Å². The molecule has 0 unspecified atom stereocenters. The third-order valence-corrected chi connectivity index (χ3v) is 12.1. The molecule has 15 heteroatoms. The van der Waals surface area contributed by atoms with Crippen molar-refractivity contribution in [1.29, 1.82) is 0 Å². The van der Waals surface area contributed by atoms with Gasteiger partial charge in [0.1, 0.15) is 11.5 Å². The summed E-state index contributed by atoms with van der Waals surface area (Å²) in [5.74, 6) is -0.110. The van der Waals surface area contributed by atoms with E-state index in [0.29, 0.717) is 30.2 Å². The van der Waals surface area contributed by atoms with E-state index in [0.717, 1.165) is 6.42 Å². The number of nitrogens with zero attached hydrogens (tertiary/aromatic N) is 2. The molecule has 0 spiro atoms. The van der Waals surface area contributed by atoms with Crippen molar-refractivity contribution in [2.24, 2.45) is 5.92 Å². The Balaban J connectivity index is 1.67. The van der Waals surface area contributed by atoms with Gasteiger partial charge in [0.25, 0.3) is 15.9 Å². The second-order valence-electron chi connectivity index (χ2n) is 12.5. The highest BCUT2D eigenvalue weighted by molar-refractivity contribution is 7.92. The zero-order valence-corrected chi connectivity index (χ0v) is 31.3. The van der Waals surface area contributed by atoms with Crippen LogP contribution >= 0.6 is 11.6 Å². The molecule has 4 rings (SSSR count). The average molecular weight is 752 g/mol. The first-order chi connectivity index (χ1) is 23.7. The Morgan fingerprint density at radius 2 is 1.68 bits per heavy atom. The van der Waals surface area contributed by atoms with Crippen molar-refractivity contribution in [1.82, 2.24) is 9.21 Å². The Hall–Kier alpha value is -3.40. The summed E-state index contributed by atoms with van der Waals surface area (Å²) in [6.07, 6.45) is 1.18. The van der Waals surface area contributed by atoms with Crippen LogP contribution in [0.25, 0.3) is 0 Å². The lowest BCUT2D eigenvalue weighted by atomic mass is 10.0. The number of anilines is 1. The molecule has 0 aromatic heterocycles. The van der Waals surface area contributed by atoms with E-state index >= 15 is 0 Å². The van der Waals surface area contributed by atoms with Crippen LogP contribution in [0.2, 0.25) is 5.02 Å². The molecule has 1 aliphatic heterocycles. The van der Waals surface area contributed by atoms with Crippen LogP contribution in [-0.2, 0) is 24.8 Å². The van der Waals surface area contributed by atoms with E-state index in [1.807, 2.05) is 13.8 Å². The summed E-state index contributed by atoms with van der Waals surface area (Å²) in [5, 5.41) is 10.6. The number of aliphatic hydroxyl groups excluding tert-OH is 1. The number of benzene rings is 3. The number of amides is 1. The largest absolute Gasteiger partial charge is 0.497 e. The van der Waals surface area contributed by atoms with E-state index in [-0.39, 0.29) is 58.5 Å². The molecule has 1 aliphatic rings. The summed E-state index contributed by atoms with van der Waals surface area (Å²) < 4.78 is 74.9. The van der Waals surface area contributed by atoms with E-state index < -0.39 is 38.1 Å². The number of sulfonamides is 2. The Morgan fingerprint density at radius 3 is 2.32 bits per heavy atom. The van der Waals surface area contributed by atoms with Gasteiger partial charge in [-0.25, -0.2) is 16.8 Å². The van der Waals surface area contributed by atoms with Crippen molar-refractivity contribution < 1.29 is 40.9 Å². The average Bonchev–Trinajstić information content (AvgIpc) is 3.09. The summed E-state index contributed by atoms with van der Waals surface area (Å²) >= 11 is 5.98. The van der Waals surface area contributed by atoms with Crippen LogP contribution in [0.3, 0.4) is 0 Å². The van der Waals surface area contributed by atoms with Gasteiger partial charge in [0.2, 0.25) is 10.0 Å². The Kier molecular flexibility index (Phi) is 13.6. The fraction of sp³-hybridized carbons (Fsp3) is 0.457. The number of rotatable bonds is 10. The number of halogens is 1. The Labute approximate surface area is 300 Å². The minimum atomic E-state index is -4.03. The smallest absolute Gasteiger partial charge is 0.261 e. The molecular weight excluding hydrogens is 706 g/mol. The lowest BCUT2D eigenvalue weighted by Gasteiger charge is -2.35. The first kappa shape index (κ1) is 39.4. The molecule has 4 atom stereocenters. The number of likely N-dealkylation sites (N-methyl/N-ethyl adjacent to an activating group) is 1. The normalized spacial score (nSPS) is 20.4. The van der Waals surface area contributed by atoms with E-state index in [2.05, 4.69) is 4.72 Å². The number of nitrogens with one attached hydrogen (secondary N) is 1. The van der Waals surface area contributed by atoms with Crippen LogP contribution < -0.4 is 14.2 Å². The van der Waals surface area contributed by atoms with Crippen LogP contribution in [0.15, 0.2) is 76.5 Å². The monoisotopic (exact) mass is 751 g/mol. The maximum atomic E-state index is 14.4. The molecule has 0 saturated heterocycles. The highest BCUT2D eigenvalue weighted by Crippen LogP contribution is 2.30. The number of methoxy groups -OCH3 is 1. The van der Waals surface area contributed by atoms with Crippen LogP contribution in [-0.4, -0.2) is 95.8 Å². The van der Waals surface area contributed by atoms with Gasteiger partial charge in [0.15, 0.2) is 0 Å². The highest BCUT2D eigenvalue weighted by atomic mass is 35.5. The van der Waals surface area contributed by atoms with E-state index in [4.69, 9.17) is 25.8 Å². The fourth-order valence-electron chi connectivity index (χ4n) is 5.56. The molecule has 1 heterocycles. The predicted octanol–water partition coefficient (Wildman–Crippen LogP) is 5.27. The van der Waals surface area contributed by atoms with Gasteiger partial charge in [-0.2, -0.15) is 4.31 Å². The first-order valence-electron chi connectivity index (χ1n) is 16.4. The number of carbonyl (C=O) groups excluding carboxylic acids is 1. The topological polar surface area (TPSA) is 152 Å². The minimum absolute atomic E-state index is 0.00743. The molecule has 274 valence electrons. The first-order valence-corrected chi connectivity index (χ1v) is 19.7. The molecular formula is C35H46ClN3O9S2. The van der Waals surface area contributed by atoms with E-state index in [1.165, 1.54) is 84.0 Å². The highest BCUT2D eigenvalue weighted by Gasteiger charge is 2.32. The van der Waals surface area contributed by atoms with Gasteiger partial charge >= 0.3 is 0 Å². The molecule has 3 aromatic carbocycles. The zero-order valence-electron chi connectivity index (χ0n) is 28.9. The van der Waals surface area contributed by atoms with Crippen molar-refractivity contribution >= 4 is 43.2 Å². The maximum Gasteiger partial charge on any atom is 0.261 e. The molecule has 50 heavy (non-hydrogen) atoms. The number of carbonyl (C=O) groups is 1. The van der Waals surface area contributed by atoms with Gasteiger partial charge in [0.05, 0.1) is 47.3 Å². The van der Waals surface area contributed by atoms with Crippen LogP contribution in [0, 0.1) is 5.92 Å². The maximum absolute atomic E-state index is 14.4. The Morgan fingerprint density at radius 1 is 1.02 bits per heavy atom. The molecule has 1 amide bonds. The molecule has 0 fully saturated rings. The van der Waals surface area contributed by atoms with Gasteiger partial charge in [-0.15, -0.1) is 0 Å². The lowest BCUT2D eigenvalue weighted by molar-refractivity contribution is -0.00833. The van der Waals surface area contributed by atoms with Crippen LogP contribution in [0.4, 0.5) is 5.69 Å². The molecule has 0 bridgehead atoms. The zero-order chi connectivity index (χ0) is 36.6. The molecule has 0 aliphatic carbocycles. The van der Waals surface area contributed by atoms with Crippen molar-refractivity contribution in [3.63, 3.8) is 0 Å². The SMILES string of the molecule is COc1ccc(S(=O)(=O)Nc2ccc3c(c2)C(=O)N([C@@H](C)CO)C[C@H](C)[C@@H](CN(C)S(=O)(=O)c2ccc(Cl)cc2)OCCCC[C@@H](C)O3)cc1. The third kappa shape index (κ3) is 9.89. The van der Waals surface area contributed by atoms with Crippen molar-refractivity contribution in [2.45, 2.75) is 68.1 Å². The lowest BCUT2D eigenvalue weighted by Crippen LogP contribution is -2.48. The Bertz CT molecular complexity index is 1810. The van der Waals surface area contributed by atoms with Gasteiger partial charge in [0, 0.05) is 43.4 Å². The van der Waals surface area contributed by atoms with Crippen molar-refractivity contribution in [3.05, 3.63) is 77.3 Å². The summed E-state index contributed by atoms with van der Waals surface area (Å²) in [6.45, 7) is 5.56. The molecule has 12 nitrogen and oxygen atoms in total. The molecule has 2 N–H and O–H groups in total. The van der Waals surface area contributed by atoms with E-state index in [1.54, 1.807) is 13.0 Å². The van der Waals surface area contributed by atoms with Crippen molar-refractivity contribution in [3.8, 4) is 11.5 Å². The summed E-state index contributed by atoms with van der Waals surface area (Å²) in [7, 11) is -4.94. The van der Waals surface area contributed by atoms with Gasteiger partial charge in [-0.3, -0.25) is 9.52 Å². The van der Waals surface area contributed by atoms with Gasteiger partial charge in [-0.1, -0.05) is 18.5 Å². The number of aliphatic hydroxyl groups is 1. The second-order valence-corrected chi connectivity index (χ2v) is 16.7. The predicted molar refractivity (Wildman–Crippen MR) is 192 cm³/mol. The number of hydrogen-bond acceptors (Lipinski definition) is 9. The van der Waals surface area contributed by atoms with E-state index in [9.17, 15) is 26.7 Å². The van der Waals surface area contributed by atoms with Gasteiger partial charge in [-0.05, 0) is 99.8 Å². The summed E-state index contributed by atoms with van der Waals surface area (Å²) in [6, 6.07) is 15.7. The number of hydrogen-bond donors (Lipinski definition) is 2. The third-order valence-electron chi connectivity index (χ3n) is 8.63. The van der Waals surface area contributed by atoms with Crippen molar-refractivity contribution in [2.75, 3.05) is 45.2 Å². The molecule has 0 radical (unpaired) electrons. The fourth-order valence-corrected chi connectivity index (χ4v) is 7.91. The van der Waals surface area contributed by atoms with Crippen LogP contribution in [0.1, 0.15) is 50.4 Å². The van der Waals surface area contributed by atoms with Gasteiger partial charge < -0.3 is 24.2 Å². The number of fused-ring (bicyclic) bond motifs is 1. The molecule has 3 aromatic rings. The summed E-state index contributed by atoms with van der Waals surface area (Å²) in [5.41, 5.74) is 0.251. The minimum Gasteiger partial charge on any atom is -0.497 e. The molecule has 0 saturated carbocycles. The number of ether oxygens (including phenoxy) is 3.